The molecule has 0 saturated carbocycles. The maximum Gasteiger partial charge on any atom is 0.279 e. The van der Waals surface area contributed by atoms with Crippen molar-refractivity contribution in [3.63, 3.8) is 0 Å². The molecule has 2 saturated heterocycles. The van der Waals surface area contributed by atoms with E-state index < -0.39 is 10.2 Å². The summed E-state index contributed by atoms with van der Waals surface area (Å²) >= 11 is 0. The normalized spacial score (nSPS) is 27.9. The van der Waals surface area contributed by atoms with E-state index >= 15 is 0 Å². The topological polar surface area (TPSA) is 82.1 Å². The number of likely N-dealkylation sites (tertiary alicyclic amines) is 1. The summed E-state index contributed by atoms with van der Waals surface area (Å²) in [6, 6.07) is 8.11. The maximum absolute atomic E-state index is 12.7. The lowest BCUT2D eigenvalue weighted by Crippen LogP contribution is -2.51. The zero-order valence-corrected chi connectivity index (χ0v) is 17.0. The van der Waals surface area contributed by atoms with E-state index in [9.17, 15) is 13.5 Å². The molecule has 0 spiro atoms. The molecule has 2 fully saturated rings. The van der Waals surface area contributed by atoms with Gasteiger partial charge in [-0.05, 0) is 44.4 Å². The van der Waals surface area contributed by atoms with Crippen LogP contribution in [0.15, 0.2) is 24.3 Å². The van der Waals surface area contributed by atoms with Crippen LogP contribution in [0.25, 0.3) is 0 Å². The van der Waals surface area contributed by atoms with Gasteiger partial charge in [0.2, 0.25) is 0 Å². The van der Waals surface area contributed by atoms with Gasteiger partial charge >= 0.3 is 0 Å². The standard InChI is InChI=1S/C19H31N3O4S/c1-15-11-22(12-16(2)26-15)27(24,25)20-10-17-6-3-4-7-18(17)13-21-9-5-8-19(21)14-23/h3-4,6-7,15-16,19-20,23H,5,8-14H2,1-2H3/t15-,16-,19+/m1/s1. The van der Waals surface area contributed by atoms with Crippen molar-refractivity contribution in [1.29, 1.82) is 0 Å². The molecule has 1 aromatic rings. The first-order valence-corrected chi connectivity index (χ1v) is 11.1. The van der Waals surface area contributed by atoms with Gasteiger partial charge in [0.25, 0.3) is 10.2 Å². The summed E-state index contributed by atoms with van der Waals surface area (Å²) in [4.78, 5) is 2.28. The molecule has 0 aliphatic carbocycles. The average molecular weight is 398 g/mol. The van der Waals surface area contributed by atoms with E-state index in [1.54, 1.807) is 0 Å². The first-order valence-electron chi connectivity index (χ1n) is 9.71. The highest BCUT2D eigenvalue weighted by Gasteiger charge is 2.31. The zero-order chi connectivity index (χ0) is 19.4. The monoisotopic (exact) mass is 397 g/mol. The van der Waals surface area contributed by atoms with E-state index in [0.717, 1.165) is 37.1 Å². The van der Waals surface area contributed by atoms with Crippen molar-refractivity contribution in [3.05, 3.63) is 35.4 Å². The summed E-state index contributed by atoms with van der Waals surface area (Å²) in [7, 11) is -3.56. The number of aliphatic hydroxyl groups excluding tert-OH is 1. The number of benzene rings is 1. The summed E-state index contributed by atoms with van der Waals surface area (Å²) < 4.78 is 35.3. The minimum absolute atomic E-state index is 0.108. The maximum atomic E-state index is 12.7. The third-order valence-electron chi connectivity index (χ3n) is 5.37. The van der Waals surface area contributed by atoms with E-state index in [-0.39, 0.29) is 31.4 Å². The van der Waals surface area contributed by atoms with E-state index in [2.05, 4.69) is 9.62 Å². The number of aliphatic hydroxyl groups is 1. The molecule has 2 aliphatic rings. The molecule has 152 valence electrons. The first-order chi connectivity index (χ1) is 12.9. The van der Waals surface area contributed by atoms with Crippen LogP contribution >= 0.6 is 0 Å². The van der Waals surface area contributed by atoms with Crippen LogP contribution in [0.1, 0.15) is 37.8 Å². The third kappa shape index (κ3) is 5.28. The number of morpholine rings is 1. The largest absolute Gasteiger partial charge is 0.395 e. The van der Waals surface area contributed by atoms with Gasteiger partial charge in [0.1, 0.15) is 0 Å². The Hall–Kier alpha value is -1.03. The van der Waals surface area contributed by atoms with Crippen LogP contribution in [0.5, 0.6) is 0 Å². The smallest absolute Gasteiger partial charge is 0.279 e. The fraction of sp³-hybridized carbons (Fsp3) is 0.684. The minimum atomic E-state index is -3.56. The summed E-state index contributed by atoms with van der Waals surface area (Å²) in [5, 5.41) is 9.53. The Morgan fingerprint density at radius 3 is 2.52 bits per heavy atom. The molecule has 3 rings (SSSR count). The van der Waals surface area contributed by atoms with Crippen LogP contribution in [-0.2, 0) is 28.0 Å². The van der Waals surface area contributed by atoms with Crippen LogP contribution < -0.4 is 4.72 Å². The van der Waals surface area contributed by atoms with Crippen molar-refractivity contribution in [3.8, 4) is 0 Å². The minimum Gasteiger partial charge on any atom is -0.395 e. The van der Waals surface area contributed by atoms with Gasteiger partial charge in [-0.2, -0.15) is 17.4 Å². The van der Waals surface area contributed by atoms with Crippen LogP contribution in [0.3, 0.4) is 0 Å². The molecule has 8 heteroatoms. The Morgan fingerprint density at radius 1 is 1.19 bits per heavy atom. The Labute approximate surface area is 162 Å². The fourth-order valence-corrected chi connectivity index (χ4v) is 5.33. The second kappa shape index (κ2) is 8.98. The molecule has 7 nitrogen and oxygen atoms in total. The summed E-state index contributed by atoms with van der Waals surface area (Å²) in [5.74, 6) is 0. The molecule has 0 aromatic heterocycles. The number of hydrogen-bond donors (Lipinski definition) is 2. The summed E-state index contributed by atoms with van der Waals surface area (Å²) in [6.45, 7) is 6.64. The molecule has 27 heavy (non-hydrogen) atoms. The van der Waals surface area contributed by atoms with Gasteiger partial charge in [-0.1, -0.05) is 24.3 Å². The van der Waals surface area contributed by atoms with Gasteiger partial charge < -0.3 is 9.84 Å². The lowest BCUT2D eigenvalue weighted by molar-refractivity contribution is -0.0444. The highest BCUT2D eigenvalue weighted by molar-refractivity contribution is 7.87. The van der Waals surface area contributed by atoms with Gasteiger partial charge in [0.05, 0.1) is 18.8 Å². The number of hydrogen-bond acceptors (Lipinski definition) is 5. The molecule has 2 aliphatic heterocycles. The number of nitrogens with one attached hydrogen (secondary N) is 1. The Balaban J connectivity index is 1.65. The van der Waals surface area contributed by atoms with Crippen LogP contribution in [0.2, 0.25) is 0 Å². The van der Waals surface area contributed by atoms with E-state index in [0.29, 0.717) is 13.1 Å². The lowest BCUT2D eigenvalue weighted by Gasteiger charge is -2.34. The number of nitrogens with zero attached hydrogens (tertiary/aromatic N) is 2. The van der Waals surface area contributed by atoms with E-state index in [1.807, 2.05) is 38.1 Å². The summed E-state index contributed by atoms with van der Waals surface area (Å²) in [6.07, 6.45) is 1.89. The van der Waals surface area contributed by atoms with E-state index in [1.165, 1.54) is 4.31 Å². The van der Waals surface area contributed by atoms with Crippen LogP contribution in [-0.4, -0.2) is 67.2 Å². The molecular formula is C19H31N3O4S. The molecular weight excluding hydrogens is 366 g/mol. The van der Waals surface area contributed by atoms with Crippen molar-refractivity contribution in [2.24, 2.45) is 0 Å². The molecule has 1 aromatic carbocycles. The average Bonchev–Trinajstić information content (AvgIpc) is 3.07. The van der Waals surface area contributed by atoms with Crippen molar-refractivity contribution in [2.75, 3.05) is 26.2 Å². The highest BCUT2D eigenvalue weighted by atomic mass is 32.2. The molecule has 0 radical (unpaired) electrons. The molecule has 0 bridgehead atoms. The van der Waals surface area contributed by atoms with Crippen molar-refractivity contribution in [1.82, 2.24) is 13.9 Å². The van der Waals surface area contributed by atoms with Crippen molar-refractivity contribution < 1.29 is 18.3 Å². The number of ether oxygens (including phenoxy) is 1. The zero-order valence-electron chi connectivity index (χ0n) is 16.2. The van der Waals surface area contributed by atoms with Crippen molar-refractivity contribution in [2.45, 2.75) is 58.0 Å². The fourth-order valence-electron chi connectivity index (χ4n) is 4.00. The second-order valence-electron chi connectivity index (χ2n) is 7.62. The molecule has 2 N–H and O–H groups in total. The Bertz CT molecular complexity index is 717. The van der Waals surface area contributed by atoms with Gasteiger partial charge in [-0.25, -0.2) is 0 Å². The first kappa shape index (κ1) is 20.7. The Kier molecular flexibility index (Phi) is 6.88. The van der Waals surface area contributed by atoms with Crippen LogP contribution in [0.4, 0.5) is 0 Å². The van der Waals surface area contributed by atoms with Gasteiger partial charge in [0, 0.05) is 32.2 Å². The predicted molar refractivity (Wildman–Crippen MR) is 104 cm³/mol. The quantitative estimate of drug-likeness (QED) is 0.720. The van der Waals surface area contributed by atoms with Gasteiger partial charge in [-0.15, -0.1) is 0 Å². The van der Waals surface area contributed by atoms with Crippen LogP contribution in [0, 0.1) is 0 Å². The van der Waals surface area contributed by atoms with E-state index in [4.69, 9.17) is 4.74 Å². The Morgan fingerprint density at radius 2 is 1.85 bits per heavy atom. The van der Waals surface area contributed by atoms with Crippen molar-refractivity contribution >= 4 is 10.2 Å². The number of rotatable bonds is 7. The molecule has 0 unspecified atom stereocenters. The van der Waals surface area contributed by atoms with Gasteiger partial charge in [-0.3, -0.25) is 4.90 Å². The second-order valence-corrected chi connectivity index (χ2v) is 9.37. The molecule has 3 atom stereocenters. The highest BCUT2D eigenvalue weighted by Crippen LogP contribution is 2.22. The summed E-state index contributed by atoms with van der Waals surface area (Å²) in [5.41, 5.74) is 2.07. The lowest BCUT2D eigenvalue weighted by atomic mass is 10.1. The third-order valence-corrected chi connectivity index (χ3v) is 6.86. The molecule has 0 amide bonds. The van der Waals surface area contributed by atoms with Gasteiger partial charge in [0.15, 0.2) is 0 Å². The molecule has 2 heterocycles. The predicted octanol–water partition coefficient (Wildman–Crippen LogP) is 1.09. The SMILES string of the molecule is C[C@@H]1CN(S(=O)(=O)NCc2ccccc2CN2CCC[C@H]2CO)C[C@@H](C)O1.